The van der Waals surface area contributed by atoms with Crippen molar-refractivity contribution in [2.24, 2.45) is 0 Å². The minimum atomic E-state index is -0.0607. The van der Waals surface area contributed by atoms with Gasteiger partial charge in [0.2, 0.25) is 5.91 Å². The summed E-state index contributed by atoms with van der Waals surface area (Å²) in [6, 6.07) is 13.4. The Morgan fingerprint density at radius 1 is 1.29 bits per heavy atom. The van der Waals surface area contributed by atoms with E-state index in [1.54, 1.807) is 7.11 Å². The molecule has 6 heteroatoms. The zero-order valence-electron chi connectivity index (χ0n) is 13.6. The van der Waals surface area contributed by atoms with Crippen LogP contribution in [-0.4, -0.2) is 19.6 Å². The van der Waals surface area contributed by atoms with E-state index in [-0.39, 0.29) is 18.5 Å². The Morgan fingerprint density at radius 3 is 2.75 bits per heavy atom. The SMILES string of the molecule is COc1ccc(C(C)NCC(=O)NCc2cccc(Cl)c2)cc1Br. The number of hydrogen-bond donors (Lipinski definition) is 2. The van der Waals surface area contributed by atoms with Gasteiger partial charge in [0, 0.05) is 17.6 Å². The Balaban J connectivity index is 1.81. The maximum Gasteiger partial charge on any atom is 0.234 e. The molecule has 128 valence electrons. The van der Waals surface area contributed by atoms with Gasteiger partial charge in [-0.05, 0) is 58.2 Å². The summed E-state index contributed by atoms with van der Waals surface area (Å²) < 4.78 is 6.11. The van der Waals surface area contributed by atoms with Crippen molar-refractivity contribution in [3.8, 4) is 5.75 Å². The van der Waals surface area contributed by atoms with Crippen LogP contribution < -0.4 is 15.4 Å². The van der Waals surface area contributed by atoms with E-state index in [1.807, 2.05) is 49.4 Å². The number of halogens is 2. The predicted octanol–water partition coefficient (Wildman–Crippen LogP) is 4.08. The Labute approximate surface area is 155 Å². The highest BCUT2D eigenvalue weighted by molar-refractivity contribution is 9.10. The molecule has 4 nitrogen and oxygen atoms in total. The van der Waals surface area contributed by atoms with Gasteiger partial charge in [0.25, 0.3) is 0 Å². The van der Waals surface area contributed by atoms with Crippen LogP contribution in [-0.2, 0) is 11.3 Å². The number of ether oxygens (including phenoxy) is 1. The number of amides is 1. The van der Waals surface area contributed by atoms with E-state index in [9.17, 15) is 4.79 Å². The summed E-state index contributed by atoms with van der Waals surface area (Å²) in [7, 11) is 1.63. The zero-order valence-corrected chi connectivity index (χ0v) is 15.9. The first-order valence-corrected chi connectivity index (χ1v) is 8.74. The average Bonchev–Trinajstić information content (AvgIpc) is 2.57. The van der Waals surface area contributed by atoms with Gasteiger partial charge in [-0.3, -0.25) is 4.79 Å². The number of nitrogens with one attached hydrogen (secondary N) is 2. The summed E-state index contributed by atoms with van der Waals surface area (Å²) in [5, 5.41) is 6.75. The second kappa shape index (κ2) is 9.06. The Kier molecular flexibility index (Phi) is 7.09. The van der Waals surface area contributed by atoms with Crippen LogP contribution in [0.15, 0.2) is 46.9 Å². The lowest BCUT2D eigenvalue weighted by molar-refractivity contribution is -0.120. The van der Waals surface area contributed by atoms with Gasteiger partial charge in [-0.1, -0.05) is 29.8 Å². The fourth-order valence-electron chi connectivity index (χ4n) is 2.23. The summed E-state index contributed by atoms with van der Waals surface area (Å²) in [4.78, 5) is 12.0. The molecule has 2 N–H and O–H groups in total. The van der Waals surface area contributed by atoms with Gasteiger partial charge in [0.1, 0.15) is 5.75 Å². The summed E-state index contributed by atoms with van der Waals surface area (Å²) in [6.07, 6.45) is 0. The third-order valence-corrected chi connectivity index (χ3v) is 4.48. The molecule has 0 aliphatic rings. The largest absolute Gasteiger partial charge is 0.496 e. The molecule has 0 saturated carbocycles. The number of carbonyl (C=O) groups excluding carboxylic acids is 1. The lowest BCUT2D eigenvalue weighted by Gasteiger charge is -2.15. The second-order valence-electron chi connectivity index (χ2n) is 5.40. The number of benzene rings is 2. The number of carbonyl (C=O) groups is 1. The fourth-order valence-corrected chi connectivity index (χ4v) is 3.00. The van der Waals surface area contributed by atoms with E-state index in [1.165, 1.54) is 0 Å². The summed E-state index contributed by atoms with van der Waals surface area (Å²) in [5.41, 5.74) is 2.05. The van der Waals surface area contributed by atoms with Gasteiger partial charge in [0.05, 0.1) is 18.1 Å². The molecule has 2 rings (SSSR count). The third kappa shape index (κ3) is 5.51. The quantitative estimate of drug-likeness (QED) is 0.722. The first-order chi connectivity index (χ1) is 11.5. The van der Waals surface area contributed by atoms with E-state index >= 15 is 0 Å². The van der Waals surface area contributed by atoms with E-state index in [0.717, 1.165) is 21.3 Å². The van der Waals surface area contributed by atoms with Crippen LogP contribution in [0.5, 0.6) is 5.75 Å². The van der Waals surface area contributed by atoms with Gasteiger partial charge in [-0.2, -0.15) is 0 Å². The van der Waals surface area contributed by atoms with Gasteiger partial charge < -0.3 is 15.4 Å². The van der Waals surface area contributed by atoms with E-state index in [4.69, 9.17) is 16.3 Å². The van der Waals surface area contributed by atoms with Crippen molar-refractivity contribution in [2.75, 3.05) is 13.7 Å². The van der Waals surface area contributed by atoms with Crippen molar-refractivity contribution < 1.29 is 9.53 Å². The standard InChI is InChI=1S/C18H20BrClN2O2/c1-12(14-6-7-17(24-2)16(19)9-14)21-11-18(23)22-10-13-4-3-5-15(20)8-13/h3-9,12,21H,10-11H2,1-2H3,(H,22,23). The normalized spacial score (nSPS) is 11.8. The van der Waals surface area contributed by atoms with Crippen LogP contribution in [0.3, 0.4) is 0 Å². The number of hydrogen-bond acceptors (Lipinski definition) is 3. The lowest BCUT2D eigenvalue weighted by atomic mass is 10.1. The van der Waals surface area contributed by atoms with Crippen LogP contribution >= 0.6 is 27.5 Å². The molecule has 0 bridgehead atoms. The zero-order chi connectivity index (χ0) is 17.5. The van der Waals surface area contributed by atoms with Crippen molar-refractivity contribution in [3.63, 3.8) is 0 Å². The Morgan fingerprint density at radius 2 is 2.08 bits per heavy atom. The first kappa shape index (κ1) is 18.8. The molecular formula is C18H20BrClN2O2. The minimum absolute atomic E-state index is 0.0455. The molecular weight excluding hydrogens is 392 g/mol. The second-order valence-corrected chi connectivity index (χ2v) is 6.69. The summed E-state index contributed by atoms with van der Waals surface area (Å²) >= 11 is 9.40. The lowest BCUT2D eigenvalue weighted by Crippen LogP contribution is -2.34. The predicted molar refractivity (Wildman–Crippen MR) is 100 cm³/mol. The molecule has 0 heterocycles. The van der Waals surface area contributed by atoms with E-state index in [2.05, 4.69) is 26.6 Å². The molecule has 0 radical (unpaired) electrons. The highest BCUT2D eigenvalue weighted by atomic mass is 79.9. The number of rotatable bonds is 7. The molecule has 1 amide bonds. The Hall–Kier alpha value is -1.56. The average molecular weight is 412 g/mol. The molecule has 0 fully saturated rings. The highest BCUT2D eigenvalue weighted by Crippen LogP contribution is 2.27. The van der Waals surface area contributed by atoms with Crippen LogP contribution in [0.2, 0.25) is 5.02 Å². The topological polar surface area (TPSA) is 50.4 Å². The van der Waals surface area contributed by atoms with E-state index < -0.39 is 0 Å². The van der Waals surface area contributed by atoms with Gasteiger partial charge >= 0.3 is 0 Å². The molecule has 0 aromatic heterocycles. The smallest absolute Gasteiger partial charge is 0.234 e. The molecule has 0 aliphatic carbocycles. The van der Waals surface area contributed by atoms with Crippen molar-refractivity contribution >= 4 is 33.4 Å². The number of methoxy groups -OCH3 is 1. The highest BCUT2D eigenvalue weighted by Gasteiger charge is 2.10. The van der Waals surface area contributed by atoms with Gasteiger partial charge in [-0.15, -0.1) is 0 Å². The fraction of sp³-hybridized carbons (Fsp3) is 0.278. The van der Waals surface area contributed by atoms with Gasteiger partial charge in [-0.25, -0.2) is 0 Å². The van der Waals surface area contributed by atoms with Crippen molar-refractivity contribution in [1.29, 1.82) is 0 Å². The molecule has 2 aromatic carbocycles. The molecule has 0 saturated heterocycles. The summed E-state index contributed by atoms with van der Waals surface area (Å²) in [6.45, 7) is 2.72. The van der Waals surface area contributed by atoms with Gasteiger partial charge in [0.15, 0.2) is 0 Å². The molecule has 0 aliphatic heterocycles. The molecule has 24 heavy (non-hydrogen) atoms. The van der Waals surface area contributed by atoms with Crippen LogP contribution in [0, 0.1) is 0 Å². The maximum absolute atomic E-state index is 12.0. The van der Waals surface area contributed by atoms with E-state index in [0.29, 0.717) is 11.6 Å². The Bertz CT molecular complexity index is 709. The first-order valence-electron chi connectivity index (χ1n) is 7.57. The molecule has 1 atom stereocenters. The summed E-state index contributed by atoms with van der Waals surface area (Å²) in [5.74, 6) is 0.722. The maximum atomic E-state index is 12.0. The molecule has 1 unspecified atom stereocenters. The van der Waals surface area contributed by atoms with Crippen molar-refractivity contribution in [1.82, 2.24) is 10.6 Å². The minimum Gasteiger partial charge on any atom is -0.496 e. The van der Waals surface area contributed by atoms with Crippen LogP contribution in [0.1, 0.15) is 24.1 Å². The van der Waals surface area contributed by atoms with Crippen molar-refractivity contribution in [3.05, 3.63) is 63.1 Å². The van der Waals surface area contributed by atoms with Crippen LogP contribution in [0.25, 0.3) is 0 Å². The van der Waals surface area contributed by atoms with Crippen LogP contribution in [0.4, 0.5) is 0 Å². The van der Waals surface area contributed by atoms with Crippen molar-refractivity contribution in [2.45, 2.75) is 19.5 Å². The molecule has 0 spiro atoms. The third-order valence-electron chi connectivity index (χ3n) is 3.62. The molecule has 2 aromatic rings. The monoisotopic (exact) mass is 410 g/mol.